The lowest BCUT2D eigenvalue weighted by molar-refractivity contribution is -0.137. The Balaban J connectivity index is 1.56. The molecule has 0 saturated heterocycles. The Bertz CT molecular complexity index is 1610. The Kier molecular flexibility index (Phi) is 13.7. The predicted molar refractivity (Wildman–Crippen MR) is 189 cm³/mol. The number of hydrogen-bond donors (Lipinski definition) is 4. The Labute approximate surface area is 296 Å². The molecule has 0 unspecified atom stereocenters. The monoisotopic (exact) mass is 713 g/mol. The highest BCUT2D eigenvalue weighted by atomic mass is 19.4. The molecule has 4 atom stereocenters. The highest BCUT2D eigenvalue weighted by Gasteiger charge is 2.32. The van der Waals surface area contributed by atoms with Crippen LogP contribution in [-0.2, 0) is 10.9 Å². The molecule has 0 aliphatic carbocycles. The third-order valence-electron chi connectivity index (χ3n) is 8.61. The molecule has 0 fully saturated rings. The first-order valence-corrected chi connectivity index (χ1v) is 16.9. The van der Waals surface area contributed by atoms with Gasteiger partial charge in [-0.1, -0.05) is 25.1 Å². The van der Waals surface area contributed by atoms with Crippen LogP contribution in [0.25, 0.3) is 0 Å². The second-order valence-electron chi connectivity index (χ2n) is 12.8. The summed E-state index contributed by atoms with van der Waals surface area (Å²) in [6.45, 7) is 6.06. The minimum atomic E-state index is -4.51. The lowest BCUT2D eigenvalue weighted by Crippen LogP contribution is -2.48. The summed E-state index contributed by atoms with van der Waals surface area (Å²) in [5.41, 5.74) is 0.339. The number of nitrogens with one attached hydrogen (secondary N) is 3. The molecule has 0 saturated carbocycles. The van der Waals surface area contributed by atoms with Crippen LogP contribution in [0.2, 0.25) is 0 Å². The Morgan fingerprint density at radius 2 is 1.61 bits per heavy atom. The van der Waals surface area contributed by atoms with Crippen molar-refractivity contribution in [3.8, 4) is 5.75 Å². The Hall–Kier alpha value is -4.82. The molecule has 11 nitrogen and oxygen atoms in total. The van der Waals surface area contributed by atoms with E-state index in [0.29, 0.717) is 24.5 Å². The van der Waals surface area contributed by atoms with E-state index in [2.05, 4.69) is 16.0 Å². The van der Waals surface area contributed by atoms with E-state index in [4.69, 9.17) is 9.47 Å². The van der Waals surface area contributed by atoms with Crippen molar-refractivity contribution < 1.29 is 42.1 Å². The average molecular weight is 714 g/mol. The predicted octanol–water partition coefficient (Wildman–Crippen LogP) is 7.31. The SMILES string of the molecule is C[C@@H]1CN([C@@H](C)CO)C(=O)c2cc(NC(=O)Nc3ccc(C(F)(F)F)cc3)ccc2O[C@@H](C)CCCCO[C@@H]1CN(C)C(=O)Nc1ccccc1. The van der Waals surface area contributed by atoms with Gasteiger partial charge in [0.15, 0.2) is 0 Å². The van der Waals surface area contributed by atoms with E-state index < -0.39 is 35.8 Å². The lowest BCUT2D eigenvalue weighted by Gasteiger charge is -2.35. The van der Waals surface area contributed by atoms with Gasteiger partial charge in [0, 0.05) is 49.7 Å². The highest BCUT2D eigenvalue weighted by Crippen LogP contribution is 2.31. The average Bonchev–Trinajstić information content (AvgIpc) is 3.09. The van der Waals surface area contributed by atoms with Gasteiger partial charge in [0.1, 0.15) is 5.75 Å². The molecule has 1 aliphatic rings. The first kappa shape index (κ1) is 39.0. The third kappa shape index (κ3) is 11.3. The molecule has 4 N–H and O–H groups in total. The first-order valence-electron chi connectivity index (χ1n) is 16.9. The van der Waals surface area contributed by atoms with Crippen LogP contribution < -0.4 is 20.7 Å². The number of ether oxygens (including phenoxy) is 2. The minimum absolute atomic E-state index is 0.143. The number of carbonyl (C=O) groups is 3. The fraction of sp³-hybridized carbons (Fsp3) is 0.432. The van der Waals surface area contributed by atoms with Crippen molar-refractivity contribution in [2.24, 2.45) is 5.92 Å². The van der Waals surface area contributed by atoms with E-state index in [1.54, 1.807) is 38.2 Å². The maximum absolute atomic E-state index is 14.3. The zero-order valence-corrected chi connectivity index (χ0v) is 29.2. The van der Waals surface area contributed by atoms with Gasteiger partial charge >= 0.3 is 18.2 Å². The Morgan fingerprint density at radius 1 is 0.961 bits per heavy atom. The normalized spacial score (nSPS) is 19.5. The van der Waals surface area contributed by atoms with Gasteiger partial charge in [0.25, 0.3) is 5.91 Å². The largest absolute Gasteiger partial charge is 0.490 e. The molecule has 276 valence electrons. The number of para-hydroxylation sites is 1. The number of aliphatic hydroxyl groups is 1. The number of anilines is 3. The molecule has 14 heteroatoms. The Morgan fingerprint density at radius 3 is 2.27 bits per heavy atom. The second-order valence-corrected chi connectivity index (χ2v) is 12.8. The van der Waals surface area contributed by atoms with Crippen molar-refractivity contribution in [3.05, 3.63) is 83.9 Å². The number of urea groups is 2. The van der Waals surface area contributed by atoms with Crippen LogP contribution in [0.5, 0.6) is 5.75 Å². The number of amides is 5. The van der Waals surface area contributed by atoms with Gasteiger partial charge in [-0.15, -0.1) is 0 Å². The summed E-state index contributed by atoms with van der Waals surface area (Å²) in [4.78, 5) is 43.3. The van der Waals surface area contributed by atoms with E-state index in [1.807, 2.05) is 32.0 Å². The van der Waals surface area contributed by atoms with Crippen molar-refractivity contribution in [1.29, 1.82) is 0 Å². The van der Waals surface area contributed by atoms with Crippen LogP contribution >= 0.6 is 0 Å². The summed E-state index contributed by atoms with van der Waals surface area (Å²) >= 11 is 0. The third-order valence-corrected chi connectivity index (χ3v) is 8.61. The lowest BCUT2D eigenvalue weighted by atomic mass is 10.0. The number of benzene rings is 3. The zero-order valence-electron chi connectivity index (χ0n) is 29.2. The van der Waals surface area contributed by atoms with Crippen molar-refractivity contribution in [1.82, 2.24) is 9.80 Å². The number of hydrogen-bond acceptors (Lipinski definition) is 6. The minimum Gasteiger partial charge on any atom is -0.490 e. The maximum Gasteiger partial charge on any atom is 0.416 e. The molecular weight excluding hydrogens is 667 g/mol. The van der Waals surface area contributed by atoms with Crippen molar-refractivity contribution in [3.63, 3.8) is 0 Å². The molecule has 1 heterocycles. The summed E-state index contributed by atoms with van der Waals surface area (Å²) in [6, 6.07) is 16.1. The molecular formula is C37H46F3N5O6. The number of aliphatic hydroxyl groups excluding tert-OH is 1. The second kappa shape index (κ2) is 17.9. The smallest absolute Gasteiger partial charge is 0.416 e. The molecule has 0 spiro atoms. The van der Waals surface area contributed by atoms with E-state index in [1.165, 1.54) is 15.9 Å². The molecule has 3 aromatic rings. The summed E-state index contributed by atoms with van der Waals surface area (Å²) in [6.07, 6.45) is -3.03. The van der Waals surface area contributed by atoms with Gasteiger partial charge in [-0.3, -0.25) is 4.79 Å². The number of carbonyl (C=O) groups excluding carboxylic acids is 3. The topological polar surface area (TPSA) is 132 Å². The first-order chi connectivity index (χ1) is 24.2. The zero-order chi connectivity index (χ0) is 37.1. The fourth-order valence-electron chi connectivity index (χ4n) is 5.59. The molecule has 4 rings (SSSR count). The summed E-state index contributed by atoms with van der Waals surface area (Å²) < 4.78 is 51.4. The van der Waals surface area contributed by atoms with E-state index in [9.17, 15) is 32.7 Å². The summed E-state index contributed by atoms with van der Waals surface area (Å²) in [5, 5.41) is 18.2. The van der Waals surface area contributed by atoms with Crippen LogP contribution in [0.15, 0.2) is 72.8 Å². The van der Waals surface area contributed by atoms with Crippen LogP contribution in [0, 0.1) is 5.92 Å². The summed E-state index contributed by atoms with van der Waals surface area (Å²) in [7, 11) is 1.68. The van der Waals surface area contributed by atoms with E-state index in [-0.39, 0.29) is 54.7 Å². The fourth-order valence-corrected chi connectivity index (χ4v) is 5.59. The van der Waals surface area contributed by atoms with Gasteiger partial charge in [0.2, 0.25) is 0 Å². The standard InChI is InChI=1S/C37H46F3N5O6/c1-24-21-45(25(2)23-46)34(47)31-20-30(42-35(48)41-29-15-13-27(14-16-29)37(38,39)40)17-18-32(31)51-26(3)10-8-9-19-50-33(24)22-44(4)36(49)43-28-11-6-5-7-12-28/h5-7,11-18,20,24-26,33,46H,8-10,19,21-23H2,1-4H3,(H,43,49)(H2,41,42,48)/t24-,25+,26+,33-/m1/s1. The number of alkyl halides is 3. The molecule has 3 aromatic carbocycles. The van der Waals surface area contributed by atoms with Crippen LogP contribution in [0.1, 0.15) is 56.0 Å². The number of fused-ring (bicyclic) bond motifs is 1. The van der Waals surface area contributed by atoms with E-state index in [0.717, 1.165) is 37.1 Å². The van der Waals surface area contributed by atoms with Gasteiger partial charge in [0.05, 0.1) is 36.0 Å². The molecule has 1 aliphatic heterocycles. The quantitative estimate of drug-likeness (QED) is 0.203. The number of likely N-dealkylation sites (N-methyl/N-ethyl adjacent to an activating group) is 1. The number of nitrogens with zero attached hydrogens (tertiary/aromatic N) is 2. The van der Waals surface area contributed by atoms with Crippen molar-refractivity contribution >= 4 is 35.0 Å². The van der Waals surface area contributed by atoms with Crippen LogP contribution in [-0.4, -0.2) is 84.5 Å². The molecule has 5 amide bonds. The maximum atomic E-state index is 14.3. The number of rotatable bonds is 7. The van der Waals surface area contributed by atoms with Crippen LogP contribution in [0.3, 0.4) is 0 Å². The molecule has 0 radical (unpaired) electrons. The molecule has 0 bridgehead atoms. The van der Waals surface area contributed by atoms with Gasteiger partial charge in [-0.2, -0.15) is 13.2 Å². The van der Waals surface area contributed by atoms with E-state index >= 15 is 0 Å². The summed E-state index contributed by atoms with van der Waals surface area (Å²) in [5.74, 6) is -0.438. The highest BCUT2D eigenvalue weighted by molar-refractivity contribution is 6.02. The van der Waals surface area contributed by atoms with Crippen LogP contribution in [0.4, 0.5) is 39.8 Å². The van der Waals surface area contributed by atoms with Crippen molar-refractivity contribution in [2.45, 2.75) is 64.5 Å². The van der Waals surface area contributed by atoms with Crippen molar-refractivity contribution in [2.75, 3.05) is 49.3 Å². The number of halogens is 3. The van der Waals surface area contributed by atoms with Gasteiger partial charge in [-0.25, -0.2) is 9.59 Å². The molecule has 51 heavy (non-hydrogen) atoms. The molecule has 0 aromatic heterocycles. The van der Waals surface area contributed by atoms with Gasteiger partial charge in [-0.05, 0) is 87.7 Å². The van der Waals surface area contributed by atoms with Gasteiger partial charge < -0.3 is 40.3 Å².